The second kappa shape index (κ2) is 6.19. The van der Waals surface area contributed by atoms with Crippen molar-refractivity contribution in [2.24, 2.45) is 0 Å². The average molecular weight is 406 g/mol. The molecular formula is C9H6F3IN2O5. The molecule has 0 fully saturated rings. The van der Waals surface area contributed by atoms with E-state index in [1.807, 2.05) is 0 Å². The lowest BCUT2D eigenvalue weighted by molar-refractivity contribution is -0.386. The van der Waals surface area contributed by atoms with Crippen molar-refractivity contribution in [3.63, 3.8) is 0 Å². The largest absolute Gasteiger partial charge is 0.574 e. The zero-order valence-electron chi connectivity index (χ0n) is 9.73. The minimum absolute atomic E-state index is 0.0625. The van der Waals surface area contributed by atoms with Crippen LogP contribution in [0.15, 0.2) is 6.07 Å². The molecule has 0 aromatic carbocycles. The van der Waals surface area contributed by atoms with Crippen LogP contribution in [0.2, 0.25) is 0 Å². The maximum atomic E-state index is 12.1. The van der Waals surface area contributed by atoms with E-state index < -0.39 is 35.2 Å². The topological polar surface area (TPSA) is 91.6 Å². The molecule has 0 radical (unpaired) electrons. The Morgan fingerprint density at radius 3 is 2.60 bits per heavy atom. The van der Waals surface area contributed by atoms with Crippen LogP contribution in [0.4, 0.5) is 18.9 Å². The third-order valence-corrected chi connectivity index (χ3v) is 3.12. The van der Waals surface area contributed by atoms with E-state index >= 15 is 0 Å². The first-order valence-corrected chi connectivity index (χ1v) is 5.88. The monoisotopic (exact) mass is 406 g/mol. The van der Waals surface area contributed by atoms with Gasteiger partial charge >= 0.3 is 12.3 Å². The van der Waals surface area contributed by atoms with Gasteiger partial charge in [0.25, 0.3) is 5.69 Å². The van der Waals surface area contributed by atoms with Gasteiger partial charge in [-0.1, -0.05) is 0 Å². The van der Waals surface area contributed by atoms with Crippen molar-refractivity contribution in [1.82, 2.24) is 4.98 Å². The number of halogens is 4. The second-order valence-corrected chi connectivity index (χ2v) is 4.38. The van der Waals surface area contributed by atoms with Gasteiger partial charge < -0.3 is 9.47 Å². The number of ether oxygens (including phenoxy) is 2. The quantitative estimate of drug-likeness (QED) is 0.330. The van der Waals surface area contributed by atoms with Gasteiger partial charge in [-0.2, -0.15) is 0 Å². The molecule has 0 saturated heterocycles. The normalized spacial score (nSPS) is 11.1. The van der Waals surface area contributed by atoms with Gasteiger partial charge in [0, 0.05) is 0 Å². The van der Waals surface area contributed by atoms with Gasteiger partial charge in [0.15, 0.2) is 0 Å². The molecule has 0 aliphatic rings. The summed E-state index contributed by atoms with van der Waals surface area (Å²) >= 11 is 1.51. The number of rotatable bonds is 4. The van der Waals surface area contributed by atoms with Crippen molar-refractivity contribution in [3.8, 4) is 5.88 Å². The predicted octanol–water partition coefficient (Wildman–Crippen LogP) is 2.21. The van der Waals surface area contributed by atoms with Gasteiger partial charge in [0.1, 0.15) is 3.57 Å². The van der Waals surface area contributed by atoms with Crippen LogP contribution in [0.25, 0.3) is 0 Å². The second-order valence-electron chi connectivity index (χ2n) is 3.30. The maximum absolute atomic E-state index is 12.1. The lowest BCUT2D eigenvalue weighted by Crippen LogP contribution is -2.19. The molecule has 20 heavy (non-hydrogen) atoms. The number of hydrogen-bond donors (Lipinski definition) is 0. The van der Waals surface area contributed by atoms with E-state index in [2.05, 4.69) is 14.5 Å². The average Bonchev–Trinajstić information content (AvgIpc) is 2.30. The van der Waals surface area contributed by atoms with E-state index in [1.54, 1.807) is 0 Å². The van der Waals surface area contributed by atoms with Crippen molar-refractivity contribution in [2.45, 2.75) is 12.8 Å². The van der Waals surface area contributed by atoms with Crippen molar-refractivity contribution >= 4 is 34.2 Å². The molecule has 1 rings (SSSR count). The van der Waals surface area contributed by atoms with E-state index in [0.717, 1.165) is 7.11 Å². The first-order chi connectivity index (χ1) is 9.14. The minimum Gasteiger partial charge on any atom is -0.469 e. The van der Waals surface area contributed by atoms with Crippen LogP contribution in [0.3, 0.4) is 0 Å². The Kier molecular flexibility index (Phi) is 5.08. The molecule has 0 N–H and O–H groups in total. The summed E-state index contributed by atoms with van der Waals surface area (Å²) in [5.41, 5.74) is -0.871. The van der Waals surface area contributed by atoms with E-state index in [-0.39, 0.29) is 9.26 Å². The summed E-state index contributed by atoms with van der Waals surface area (Å²) < 4.78 is 44.1. The SMILES string of the molecule is COC(=O)Cc1nc(OC(F)(F)F)cc([N+](=O)[O-])c1I. The summed E-state index contributed by atoms with van der Waals surface area (Å²) in [6.07, 6.45) is -5.55. The number of nitrogens with zero attached hydrogens (tertiary/aromatic N) is 2. The fourth-order valence-corrected chi connectivity index (χ4v) is 1.84. The molecule has 11 heteroatoms. The van der Waals surface area contributed by atoms with Crippen LogP contribution in [-0.4, -0.2) is 29.3 Å². The van der Waals surface area contributed by atoms with Crippen LogP contribution in [0.5, 0.6) is 5.88 Å². The number of methoxy groups -OCH3 is 1. The standard InChI is InChI=1S/C9H6F3IN2O5/c1-19-7(16)2-4-8(13)5(15(17)18)3-6(14-4)20-9(10,11)12/h3H,2H2,1H3. The summed E-state index contributed by atoms with van der Waals surface area (Å²) in [7, 11) is 1.07. The molecule has 1 aromatic rings. The van der Waals surface area contributed by atoms with Gasteiger partial charge in [0.05, 0.1) is 30.2 Å². The number of aromatic nitrogens is 1. The molecule has 1 heterocycles. The number of carbonyl (C=O) groups is 1. The van der Waals surface area contributed by atoms with Gasteiger partial charge in [-0.3, -0.25) is 14.9 Å². The molecule has 0 saturated carbocycles. The zero-order chi connectivity index (χ0) is 15.5. The van der Waals surface area contributed by atoms with Crippen LogP contribution in [-0.2, 0) is 16.0 Å². The molecule has 0 amide bonds. The number of esters is 1. The highest BCUT2D eigenvalue weighted by Gasteiger charge is 2.33. The van der Waals surface area contributed by atoms with E-state index in [1.165, 1.54) is 22.6 Å². The lowest BCUT2D eigenvalue weighted by Gasteiger charge is -2.10. The number of pyridine rings is 1. The molecule has 0 unspecified atom stereocenters. The third-order valence-electron chi connectivity index (χ3n) is 1.94. The Bertz CT molecular complexity index is 549. The number of carbonyl (C=O) groups excluding carboxylic acids is 1. The van der Waals surface area contributed by atoms with Crippen LogP contribution in [0.1, 0.15) is 5.69 Å². The van der Waals surface area contributed by atoms with Crippen molar-refractivity contribution in [3.05, 3.63) is 25.4 Å². The number of alkyl halides is 3. The van der Waals surface area contributed by atoms with Crippen LogP contribution in [0, 0.1) is 13.7 Å². The molecule has 0 bridgehead atoms. The number of hydrogen-bond acceptors (Lipinski definition) is 6. The summed E-state index contributed by atoms with van der Waals surface area (Å²) in [5, 5.41) is 10.8. The molecule has 0 spiro atoms. The van der Waals surface area contributed by atoms with Gasteiger partial charge in [0.2, 0.25) is 5.88 Å². The first kappa shape index (κ1) is 16.4. The van der Waals surface area contributed by atoms with E-state index in [0.29, 0.717) is 6.07 Å². The summed E-state index contributed by atoms with van der Waals surface area (Å²) in [5.74, 6) is -1.81. The minimum atomic E-state index is -5.05. The Morgan fingerprint density at radius 2 is 2.15 bits per heavy atom. The summed E-state index contributed by atoms with van der Waals surface area (Å²) in [6, 6.07) is 0.538. The van der Waals surface area contributed by atoms with Crippen molar-refractivity contribution in [2.75, 3.05) is 7.11 Å². The fourth-order valence-electron chi connectivity index (χ4n) is 1.17. The summed E-state index contributed by atoms with van der Waals surface area (Å²) in [4.78, 5) is 24.4. The summed E-state index contributed by atoms with van der Waals surface area (Å²) in [6.45, 7) is 0. The Hall–Kier alpha value is -1.66. The number of nitro groups is 1. The van der Waals surface area contributed by atoms with Gasteiger partial charge in [-0.25, -0.2) is 4.98 Å². The first-order valence-electron chi connectivity index (χ1n) is 4.80. The molecule has 0 aliphatic carbocycles. The van der Waals surface area contributed by atoms with Crippen molar-refractivity contribution in [1.29, 1.82) is 0 Å². The highest BCUT2D eigenvalue weighted by Crippen LogP contribution is 2.30. The maximum Gasteiger partial charge on any atom is 0.574 e. The Morgan fingerprint density at radius 1 is 1.55 bits per heavy atom. The van der Waals surface area contributed by atoms with Crippen molar-refractivity contribution < 1.29 is 32.4 Å². The predicted molar refractivity (Wildman–Crippen MR) is 66.0 cm³/mol. The fraction of sp³-hybridized carbons (Fsp3) is 0.333. The highest BCUT2D eigenvalue weighted by molar-refractivity contribution is 14.1. The zero-order valence-corrected chi connectivity index (χ0v) is 11.9. The Balaban J connectivity index is 3.27. The smallest absolute Gasteiger partial charge is 0.469 e. The molecular weight excluding hydrogens is 400 g/mol. The van der Waals surface area contributed by atoms with Gasteiger partial charge in [-0.15, -0.1) is 13.2 Å². The molecule has 7 nitrogen and oxygen atoms in total. The molecule has 1 aromatic heterocycles. The lowest BCUT2D eigenvalue weighted by atomic mass is 10.2. The Labute approximate surface area is 123 Å². The van der Waals surface area contributed by atoms with Gasteiger partial charge in [-0.05, 0) is 22.6 Å². The molecule has 0 atom stereocenters. The van der Waals surface area contributed by atoms with E-state index in [4.69, 9.17) is 0 Å². The third kappa shape index (κ3) is 4.47. The highest BCUT2D eigenvalue weighted by atomic mass is 127. The van der Waals surface area contributed by atoms with E-state index in [9.17, 15) is 28.1 Å². The van der Waals surface area contributed by atoms with Crippen LogP contribution < -0.4 is 4.74 Å². The molecule has 0 aliphatic heterocycles. The molecule has 110 valence electrons. The van der Waals surface area contributed by atoms with Crippen LogP contribution >= 0.6 is 22.6 Å².